The molecule has 0 fully saturated rings. The number of carbonyl (C=O) groups excluding carboxylic acids is 4. The first-order valence-corrected chi connectivity index (χ1v) is 4.55. The summed E-state index contributed by atoms with van der Waals surface area (Å²) < 4.78 is 0. The van der Waals surface area contributed by atoms with Crippen LogP contribution in [0.15, 0.2) is 30.3 Å². The van der Waals surface area contributed by atoms with E-state index in [0.717, 1.165) is 0 Å². The molecule has 0 spiro atoms. The van der Waals surface area contributed by atoms with E-state index in [1.807, 2.05) is 0 Å². The molecule has 1 rings (SSSR count). The second kappa shape index (κ2) is 7.23. The van der Waals surface area contributed by atoms with Crippen LogP contribution in [0.3, 0.4) is 0 Å². The zero-order chi connectivity index (χ0) is 12.6. The standard InChI is InChI=1S/C8H6O2.C4H6O2/c9-6-8(10)7-4-2-1-3-5-7;1-3(5)4(2)6/h1-6H;1-2H3. The molecule has 0 aromatic heterocycles. The molecule has 1 aromatic carbocycles. The van der Waals surface area contributed by atoms with E-state index in [2.05, 4.69) is 0 Å². The second-order valence-electron chi connectivity index (χ2n) is 2.96. The molecule has 0 radical (unpaired) electrons. The lowest BCUT2D eigenvalue weighted by molar-refractivity contribution is -0.134. The summed E-state index contributed by atoms with van der Waals surface area (Å²) in [6.07, 6.45) is 0.315. The van der Waals surface area contributed by atoms with Gasteiger partial charge in [0.2, 0.25) is 5.78 Å². The molecule has 0 aliphatic rings. The Kier molecular flexibility index (Phi) is 6.28. The molecular weight excluding hydrogens is 208 g/mol. The van der Waals surface area contributed by atoms with Crippen LogP contribution in [-0.4, -0.2) is 23.6 Å². The van der Waals surface area contributed by atoms with Crippen molar-refractivity contribution in [2.24, 2.45) is 0 Å². The van der Waals surface area contributed by atoms with Crippen molar-refractivity contribution < 1.29 is 19.2 Å². The zero-order valence-electron chi connectivity index (χ0n) is 9.10. The number of carbonyl (C=O) groups is 4. The fourth-order valence-corrected chi connectivity index (χ4v) is 0.670. The van der Waals surface area contributed by atoms with E-state index in [1.165, 1.54) is 13.8 Å². The van der Waals surface area contributed by atoms with Gasteiger partial charge in [-0.1, -0.05) is 30.3 Å². The van der Waals surface area contributed by atoms with Gasteiger partial charge in [0, 0.05) is 19.4 Å². The number of hydrogen-bond acceptors (Lipinski definition) is 4. The third-order valence-corrected chi connectivity index (χ3v) is 1.66. The first-order chi connectivity index (χ1) is 7.49. The van der Waals surface area contributed by atoms with E-state index in [1.54, 1.807) is 30.3 Å². The molecule has 0 saturated heterocycles. The summed E-state index contributed by atoms with van der Waals surface area (Å²) in [6, 6.07) is 8.45. The van der Waals surface area contributed by atoms with Crippen LogP contribution < -0.4 is 0 Å². The van der Waals surface area contributed by atoms with Gasteiger partial charge in [-0.2, -0.15) is 0 Å². The van der Waals surface area contributed by atoms with Crippen molar-refractivity contribution in [1.82, 2.24) is 0 Å². The number of Topliss-reactive ketones (excluding diaryl/α,β-unsaturated/α-hetero) is 3. The Morgan fingerprint density at radius 2 is 1.38 bits per heavy atom. The van der Waals surface area contributed by atoms with E-state index in [9.17, 15) is 19.2 Å². The second-order valence-corrected chi connectivity index (χ2v) is 2.96. The summed E-state index contributed by atoms with van der Waals surface area (Å²) in [5.74, 6) is -1.23. The van der Waals surface area contributed by atoms with E-state index in [-0.39, 0.29) is 11.6 Å². The number of aldehydes is 1. The lowest BCUT2D eigenvalue weighted by atomic mass is 10.1. The Bertz CT molecular complexity index is 381. The topological polar surface area (TPSA) is 68.3 Å². The van der Waals surface area contributed by atoms with Gasteiger partial charge in [-0.3, -0.25) is 19.2 Å². The number of benzene rings is 1. The van der Waals surface area contributed by atoms with Gasteiger partial charge in [0.25, 0.3) is 0 Å². The van der Waals surface area contributed by atoms with Gasteiger partial charge in [0.05, 0.1) is 0 Å². The summed E-state index contributed by atoms with van der Waals surface area (Å²) in [5.41, 5.74) is 0.442. The van der Waals surface area contributed by atoms with Crippen molar-refractivity contribution in [2.75, 3.05) is 0 Å². The van der Waals surface area contributed by atoms with E-state index >= 15 is 0 Å². The summed E-state index contributed by atoms with van der Waals surface area (Å²) in [4.78, 5) is 40.2. The van der Waals surface area contributed by atoms with Crippen LogP contribution in [0.5, 0.6) is 0 Å². The zero-order valence-corrected chi connectivity index (χ0v) is 9.10. The Balaban J connectivity index is 0.000000325. The summed E-state index contributed by atoms with van der Waals surface area (Å²) in [5, 5.41) is 0. The molecule has 0 aliphatic carbocycles. The van der Waals surface area contributed by atoms with Crippen LogP contribution in [0.1, 0.15) is 24.2 Å². The normalized spacial score (nSPS) is 8.38. The number of rotatable bonds is 3. The van der Waals surface area contributed by atoms with Crippen molar-refractivity contribution >= 4 is 23.6 Å². The highest BCUT2D eigenvalue weighted by Crippen LogP contribution is 1.96. The Morgan fingerprint density at radius 1 is 0.938 bits per heavy atom. The summed E-state index contributed by atoms with van der Waals surface area (Å²) in [6.45, 7) is 2.50. The first-order valence-electron chi connectivity index (χ1n) is 4.55. The average molecular weight is 220 g/mol. The van der Waals surface area contributed by atoms with Crippen molar-refractivity contribution in [2.45, 2.75) is 13.8 Å². The Hall–Kier alpha value is -2.10. The maximum Gasteiger partial charge on any atom is 0.225 e. The van der Waals surface area contributed by atoms with Crippen molar-refractivity contribution in [3.8, 4) is 0 Å². The largest absolute Gasteiger partial charge is 0.294 e. The Labute approximate surface area is 93.3 Å². The van der Waals surface area contributed by atoms with E-state index in [0.29, 0.717) is 11.8 Å². The fourth-order valence-electron chi connectivity index (χ4n) is 0.670. The van der Waals surface area contributed by atoms with E-state index < -0.39 is 5.78 Å². The van der Waals surface area contributed by atoms with Crippen LogP contribution in [0.2, 0.25) is 0 Å². The lowest BCUT2D eigenvalue weighted by Gasteiger charge is -1.88. The molecule has 4 heteroatoms. The minimum Gasteiger partial charge on any atom is -0.294 e. The molecule has 0 bridgehead atoms. The molecule has 16 heavy (non-hydrogen) atoms. The first kappa shape index (κ1) is 13.9. The summed E-state index contributed by atoms with van der Waals surface area (Å²) >= 11 is 0. The molecular formula is C12H12O4. The molecule has 4 nitrogen and oxygen atoms in total. The molecule has 0 unspecified atom stereocenters. The number of ketones is 3. The molecule has 0 N–H and O–H groups in total. The predicted molar refractivity (Wildman–Crippen MR) is 58.2 cm³/mol. The quantitative estimate of drug-likeness (QED) is 0.436. The van der Waals surface area contributed by atoms with Crippen LogP contribution >= 0.6 is 0 Å². The van der Waals surface area contributed by atoms with Crippen molar-refractivity contribution in [3.63, 3.8) is 0 Å². The van der Waals surface area contributed by atoms with Gasteiger partial charge in [-0.25, -0.2) is 0 Å². The smallest absolute Gasteiger partial charge is 0.225 e. The van der Waals surface area contributed by atoms with Crippen LogP contribution in [-0.2, 0) is 14.4 Å². The monoisotopic (exact) mass is 220 g/mol. The SMILES string of the molecule is CC(=O)C(C)=O.O=CC(=O)c1ccccc1. The highest BCUT2D eigenvalue weighted by atomic mass is 16.2. The Morgan fingerprint density at radius 3 is 1.69 bits per heavy atom. The molecule has 0 atom stereocenters. The van der Waals surface area contributed by atoms with Gasteiger partial charge in [-0.15, -0.1) is 0 Å². The number of hydrogen-bond donors (Lipinski definition) is 0. The van der Waals surface area contributed by atoms with Crippen molar-refractivity contribution in [3.05, 3.63) is 35.9 Å². The fraction of sp³-hybridized carbons (Fsp3) is 0.167. The predicted octanol–water partition coefficient (Wildman–Crippen LogP) is 1.23. The third-order valence-electron chi connectivity index (χ3n) is 1.66. The maximum absolute atomic E-state index is 10.6. The highest BCUT2D eigenvalue weighted by molar-refractivity contribution is 6.35. The van der Waals surface area contributed by atoms with Crippen LogP contribution in [0.25, 0.3) is 0 Å². The molecule has 84 valence electrons. The van der Waals surface area contributed by atoms with Gasteiger partial charge in [0.15, 0.2) is 17.9 Å². The van der Waals surface area contributed by atoms with Crippen LogP contribution in [0, 0.1) is 0 Å². The molecule has 0 amide bonds. The molecule has 0 aliphatic heterocycles. The highest BCUT2D eigenvalue weighted by Gasteiger charge is 1.99. The molecule has 1 aromatic rings. The average Bonchev–Trinajstić information content (AvgIpc) is 2.30. The minimum absolute atomic E-state index is 0.315. The maximum atomic E-state index is 10.6. The van der Waals surface area contributed by atoms with Gasteiger partial charge >= 0.3 is 0 Å². The minimum atomic E-state index is -0.472. The van der Waals surface area contributed by atoms with Crippen LogP contribution in [0.4, 0.5) is 0 Å². The van der Waals surface area contributed by atoms with Crippen molar-refractivity contribution in [1.29, 1.82) is 0 Å². The van der Waals surface area contributed by atoms with E-state index in [4.69, 9.17) is 0 Å². The lowest BCUT2D eigenvalue weighted by Crippen LogP contribution is -2.01. The third kappa shape index (κ3) is 5.59. The van der Waals surface area contributed by atoms with Gasteiger partial charge < -0.3 is 0 Å². The molecule has 0 heterocycles. The molecule has 0 saturated carbocycles. The van der Waals surface area contributed by atoms with Gasteiger partial charge in [-0.05, 0) is 0 Å². The summed E-state index contributed by atoms with van der Waals surface area (Å²) in [7, 11) is 0. The van der Waals surface area contributed by atoms with Gasteiger partial charge in [0.1, 0.15) is 0 Å².